The quantitative estimate of drug-likeness (QED) is 0.884. The Hall–Kier alpha value is -1.13. The lowest BCUT2D eigenvalue weighted by Gasteiger charge is -1.98. The monoisotopic (exact) mass is 248 g/mol. The summed E-state index contributed by atoms with van der Waals surface area (Å²) in [5, 5.41) is 7.71. The molecule has 0 aromatic carbocycles. The van der Waals surface area contributed by atoms with E-state index in [0.717, 1.165) is 30.7 Å². The van der Waals surface area contributed by atoms with E-state index in [0.29, 0.717) is 0 Å². The Morgan fingerprint density at radius 2 is 2.35 bits per heavy atom. The summed E-state index contributed by atoms with van der Waals surface area (Å²) in [5.74, 6) is 1.73. The molecule has 90 valence electrons. The molecule has 3 rings (SSSR count). The first-order chi connectivity index (χ1) is 8.33. The summed E-state index contributed by atoms with van der Waals surface area (Å²) < 4.78 is 5.77. The predicted octanol–water partition coefficient (Wildman–Crippen LogP) is 3.01. The van der Waals surface area contributed by atoms with Crippen molar-refractivity contribution in [2.24, 2.45) is 0 Å². The van der Waals surface area contributed by atoms with E-state index < -0.39 is 0 Å². The number of nitrogens with one attached hydrogen (secondary N) is 1. The highest BCUT2D eigenvalue weighted by atomic mass is 32.1. The molecule has 0 atom stereocenters. The molecule has 0 amide bonds. The van der Waals surface area contributed by atoms with Crippen molar-refractivity contribution in [1.82, 2.24) is 10.3 Å². The highest BCUT2D eigenvalue weighted by Gasteiger charge is 2.20. The average molecular weight is 248 g/mol. The van der Waals surface area contributed by atoms with Crippen molar-refractivity contribution in [3.8, 4) is 11.3 Å². The summed E-state index contributed by atoms with van der Waals surface area (Å²) >= 11 is 1.70. The Labute approximate surface area is 105 Å². The second-order valence-corrected chi connectivity index (χ2v) is 5.31. The van der Waals surface area contributed by atoms with Crippen molar-refractivity contribution >= 4 is 11.3 Å². The van der Waals surface area contributed by atoms with Gasteiger partial charge >= 0.3 is 0 Å². The molecule has 0 bridgehead atoms. The predicted molar refractivity (Wildman–Crippen MR) is 69.3 cm³/mol. The van der Waals surface area contributed by atoms with E-state index in [1.807, 2.05) is 6.20 Å². The fourth-order valence-electron chi connectivity index (χ4n) is 1.83. The van der Waals surface area contributed by atoms with Crippen LogP contribution in [0, 0.1) is 6.92 Å². The molecule has 3 nitrogen and oxygen atoms in total. The summed E-state index contributed by atoms with van der Waals surface area (Å²) in [6, 6.07) is 0.753. The lowest BCUT2D eigenvalue weighted by molar-refractivity contribution is 0.494. The van der Waals surface area contributed by atoms with Gasteiger partial charge in [-0.15, -0.1) is 0 Å². The van der Waals surface area contributed by atoms with Gasteiger partial charge in [0.05, 0.1) is 6.20 Å². The highest BCUT2D eigenvalue weighted by Crippen LogP contribution is 2.27. The van der Waals surface area contributed by atoms with E-state index in [1.165, 1.54) is 24.0 Å². The van der Waals surface area contributed by atoms with Gasteiger partial charge in [-0.1, -0.05) is 0 Å². The third kappa shape index (κ3) is 2.58. The van der Waals surface area contributed by atoms with Gasteiger partial charge < -0.3 is 9.73 Å². The molecule has 0 aliphatic heterocycles. The van der Waals surface area contributed by atoms with Gasteiger partial charge in [0.25, 0.3) is 0 Å². The molecule has 1 saturated carbocycles. The maximum absolute atomic E-state index is 5.77. The van der Waals surface area contributed by atoms with Crippen LogP contribution in [0.5, 0.6) is 0 Å². The van der Waals surface area contributed by atoms with Crippen LogP contribution in [0.2, 0.25) is 0 Å². The first-order valence-corrected chi connectivity index (χ1v) is 6.98. The summed E-state index contributed by atoms with van der Waals surface area (Å²) in [7, 11) is 0. The minimum absolute atomic E-state index is 0.753. The zero-order valence-corrected chi connectivity index (χ0v) is 10.7. The number of nitrogens with zero attached hydrogens (tertiary/aromatic N) is 1. The molecule has 17 heavy (non-hydrogen) atoms. The number of hydrogen-bond donors (Lipinski definition) is 1. The summed E-state index contributed by atoms with van der Waals surface area (Å²) in [6.45, 7) is 3.07. The van der Waals surface area contributed by atoms with Gasteiger partial charge in [-0.2, -0.15) is 11.3 Å². The van der Waals surface area contributed by atoms with Gasteiger partial charge in [0.15, 0.2) is 11.7 Å². The Morgan fingerprint density at radius 1 is 1.47 bits per heavy atom. The molecule has 1 fully saturated rings. The fourth-order valence-corrected chi connectivity index (χ4v) is 2.67. The molecule has 1 N–H and O–H groups in total. The number of aromatic nitrogens is 1. The SMILES string of the molecule is Cc1cscc1-c1cnc(CCNC2CC2)o1. The number of rotatable bonds is 5. The second kappa shape index (κ2) is 4.63. The van der Waals surface area contributed by atoms with Crippen LogP contribution in [0.3, 0.4) is 0 Å². The van der Waals surface area contributed by atoms with E-state index in [2.05, 4.69) is 28.0 Å². The molecule has 2 aromatic rings. The zero-order valence-electron chi connectivity index (χ0n) is 9.90. The molecule has 0 saturated heterocycles. The molecule has 4 heteroatoms. The minimum atomic E-state index is 0.753. The third-order valence-corrected chi connectivity index (χ3v) is 3.89. The first-order valence-electron chi connectivity index (χ1n) is 6.04. The molecule has 1 aliphatic carbocycles. The average Bonchev–Trinajstić information content (AvgIpc) is 2.85. The van der Waals surface area contributed by atoms with Crippen molar-refractivity contribution in [1.29, 1.82) is 0 Å². The summed E-state index contributed by atoms with van der Waals surface area (Å²) in [6.07, 6.45) is 5.36. The van der Waals surface area contributed by atoms with E-state index >= 15 is 0 Å². The van der Waals surface area contributed by atoms with Gasteiger partial charge in [0.2, 0.25) is 0 Å². The Morgan fingerprint density at radius 3 is 3.06 bits per heavy atom. The van der Waals surface area contributed by atoms with Crippen molar-refractivity contribution < 1.29 is 4.42 Å². The number of thiophene rings is 1. The Kier molecular flexibility index (Phi) is 2.99. The van der Waals surface area contributed by atoms with Crippen molar-refractivity contribution in [2.45, 2.75) is 32.2 Å². The Balaban J connectivity index is 1.63. The Bertz CT molecular complexity index is 499. The van der Waals surface area contributed by atoms with Crippen LogP contribution < -0.4 is 5.32 Å². The van der Waals surface area contributed by atoms with E-state index in [4.69, 9.17) is 4.42 Å². The first kappa shape index (κ1) is 11.0. The van der Waals surface area contributed by atoms with Gasteiger partial charge in [-0.25, -0.2) is 4.98 Å². The van der Waals surface area contributed by atoms with Crippen molar-refractivity contribution in [3.63, 3.8) is 0 Å². The topological polar surface area (TPSA) is 38.1 Å². The van der Waals surface area contributed by atoms with Crippen LogP contribution in [0.1, 0.15) is 24.3 Å². The minimum Gasteiger partial charge on any atom is -0.441 e. The van der Waals surface area contributed by atoms with Gasteiger partial charge in [0.1, 0.15) is 0 Å². The number of aryl methyl sites for hydroxylation is 1. The van der Waals surface area contributed by atoms with Crippen LogP contribution in [0.4, 0.5) is 0 Å². The van der Waals surface area contributed by atoms with Crippen molar-refractivity contribution in [2.75, 3.05) is 6.54 Å². The van der Waals surface area contributed by atoms with Crippen LogP contribution in [-0.4, -0.2) is 17.6 Å². The maximum atomic E-state index is 5.77. The molecule has 0 radical (unpaired) electrons. The standard InChI is InChI=1S/C13H16N2OS/c1-9-7-17-8-11(9)12-6-15-13(16-12)4-5-14-10-2-3-10/h6-8,10,14H,2-5H2,1H3. The van der Waals surface area contributed by atoms with Crippen molar-refractivity contribution in [3.05, 3.63) is 28.4 Å². The van der Waals surface area contributed by atoms with Crippen LogP contribution in [-0.2, 0) is 6.42 Å². The third-order valence-electron chi connectivity index (χ3n) is 3.02. The van der Waals surface area contributed by atoms with E-state index in [9.17, 15) is 0 Å². The smallest absolute Gasteiger partial charge is 0.196 e. The molecular formula is C13H16N2OS. The van der Waals surface area contributed by atoms with Gasteiger partial charge in [-0.05, 0) is 30.7 Å². The summed E-state index contributed by atoms with van der Waals surface area (Å²) in [5.41, 5.74) is 2.43. The number of oxazole rings is 1. The highest BCUT2D eigenvalue weighted by molar-refractivity contribution is 7.08. The van der Waals surface area contributed by atoms with E-state index in [1.54, 1.807) is 11.3 Å². The fraction of sp³-hybridized carbons (Fsp3) is 0.462. The molecule has 2 heterocycles. The van der Waals surface area contributed by atoms with Crippen LogP contribution in [0.15, 0.2) is 21.4 Å². The van der Waals surface area contributed by atoms with E-state index in [-0.39, 0.29) is 0 Å². The zero-order chi connectivity index (χ0) is 11.7. The molecule has 1 aliphatic rings. The molecular weight excluding hydrogens is 232 g/mol. The van der Waals surface area contributed by atoms with Gasteiger partial charge in [-0.3, -0.25) is 0 Å². The molecule has 0 spiro atoms. The lowest BCUT2D eigenvalue weighted by atomic mass is 10.2. The lowest BCUT2D eigenvalue weighted by Crippen LogP contribution is -2.19. The van der Waals surface area contributed by atoms with Crippen LogP contribution in [0.25, 0.3) is 11.3 Å². The maximum Gasteiger partial charge on any atom is 0.196 e. The molecule has 0 unspecified atom stereocenters. The van der Waals surface area contributed by atoms with Gasteiger partial charge in [0, 0.05) is 30.0 Å². The second-order valence-electron chi connectivity index (χ2n) is 4.57. The number of hydrogen-bond acceptors (Lipinski definition) is 4. The largest absolute Gasteiger partial charge is 0.441 e. The summed E-state index contributed by atoms with van der Waals surface area (Å²) in [4.78, 5) is 4.33. The normalized spacial score (nSPS) is 15.4. The molecule has 2 aromatic heterocycles. The van der Waals surface area contributed by atoms with Crippen LogP contribution >= 0.6 is 11.3 Å².